The van der Waals surface area contributed by atoms with E-state index in [9.17, 15) is 18.0 Å². The van der Waals surface area contributed by atoms with Crippen LogP contribution < -0.4 is 0 Å². The Hall–Kier alpha value is -3.21. The number of likely N-dealkylation sites (tertiary alicyclic amines) is 1. The van der Waals surface area contributed by atoms with E-state index >= 15 is 0 Å². The Morgan fingerprint density at radius 3 is 2.66 bits per heavy atom. The average molecular weight is 504 g/mol. The number of carbonyl (C=O) groups is 1. The number of carbonyl (C=O) groups excluding carboxylic acids is 1. The molecular formula is C24H24F3N5O2S. The van der Waals surface area contributed by atoms with Gasteiger partial charge in [-0.1, -0.05) is 35.5 Å². The second-order valence-electron chi connectivity index (χ2n) is 8.80. The quantitative estimate of drug-likeness (QED) is 0.495. The summed E-state index contributed by atoms with van der Waals surface area (Å²) < 4.78 is 40.4. The Bertz CT molecular complexity index is 1230. The van der Waals surface area contributed by atoms with E-state index in [2.05, 4.69) is 10.3 Å². The van der Waals surface area contributed by atoms with Crippen LogP contribution in [0.15, 0.2) is 46.9 Å². The topological polar surface area (TPSA) is 72.6 Å². The van der Waals surface area contributed by atoms with E-state index in [1.54, 1.807) is 16.2 Å². The summed E-state index contributed by atoms with van der Waals surface area (Å²) in [4.78, 5) is 24.7. The van der Waals surface area contributed by atoms with Crippen LogP contribution in [0.25, 0.3) is 0 Å². The van der Waals surface area contributed by atoms with E-state index in [-0.39, 0.29) is 23.6 Å². The normalized spacial score (nSPS) is 19.0. The highest BCUT2D eigenvalue weighted by molar-refractivity contribution is 7.10. The first-order valence-corrected chi connectivity index (χ1v) is 12.3. The van der Waals surface area contributed by atoms with Crippen LogP contribution in [-0.2, 0) is 22.4 Å². The molecule has 2 aromatic heterocycles. The van der Waals surface area contributed by atoms with E-state index in [1.807, 2.05) is 35.7 Å². The van der Waals surface area contributed by atoms with Crippen molar-refractivity contribution in [2.45, 2.75) is 50.9 Å². The van der Waals surface area contributed by atoms with Crippen LogP contribution in [0.5, 0.6) is 0 Å². The van der Waals surface area contributed by atoms with Crippen LogP contribution in [-0.4, -0.2) is 44.4 Å². The molecule has 2 aliphatic rings. The summed E-state index contributed by atoms with van der Waals surface area (Å²) in [6, 6.07) is 10.9. The lowest BCUT2D eigenvalue weighted by Gasteiger charge is -2.31. The minimum absolute atomic E-state index is 0.109. The molecule has 184 valence electrons. The Labute approximate surface area is 204 Å². The number of aromatic nitrogens is 3. The Morgan fingerprint density at radius 1 is 1.20 bits per heavy atom. The summed E-state index contributed by atoms with van der Waals surface area (Å²) in [5, 5.41) is 11.1. The van der Waals surface area contributed by atoms with Gasteiger partial charge in [0.2, 0.25) is 5.91 Å². The van der Waals surface area contributed by atoms with Gasteiger partial charge in [0.15, 0.2) is 6.10 Å². The van der Waals surface area contributed by atoms with Gasteiger partial charge in [-0.2, -0.15) is 18.3 Å². The monoisotopic (exact) mass is 503 g/mol. The molecule has 5 rings (SSSR count). The number of hydrogen-bond donors (Lipinski definition) is 0. The fraction of sp³-hybridized carbons (Fsp3) is 0.417. The second-order valence-corrected chi connectivity index (χ2v) is 9.69. The standard InChI is InChI=1S/C24H24F3N5O2S/c1-15-11-21(24(25,26)27)32(29-15)13-22(33)31-9-7-17(8-10-31)23-28-19(14-35-23)18-12-20(34-30-18)16-5-3-2-4-6-16/h2-6,11,14,17,20H,7-10,12-13H2,1H3. The minimum atomic E-state index is -4.55. The number of aryl methyl sites for hydroxylation is 1. The SMILES string of the molecule is Cc1cc(C(F)(F)F)n(CC(=O)N2CCC(c3nc(C4=NOC(c5ccccc5)C4)cs3)CC2)n1. The van der Waals surface area contributed by atoms with E-state index in [0.717, 1.165) is 32.7 Å². The summed E-state index contributed by atoms with van der Waals surface area (Å²) in [7, 11) is 0. The number of alkyl halides is 3. The highest BCUT2D eigenvalue weighted by Gasteiger charge is 2.36. The number of rotatable bonds is 5. The molecule has 11 heteroatoms. The largest absolute Gasteiger partial charge is 0.433 e. The molecule has 1 atom stereocenters. The number of oxime groups is 1. The molecule has 0 bridgehead atoms. The first-order chi connectivity index (χ1) is 16.8. The van der Waals surface area contributed by atoms with Crippen molar-refractivity contribution in [3.8, 4) is 0 Å². The molecule has 0 spiro atoms. The van der Waals surface area contributed by atoms with Gasteiger partial charge in [-0.15, -0.1) is 11.3 Å². The number of hydrogen-bond acceptors (Lipinski definition) is 6. The summed E-state index contributed by atoms with van der Waals surface area (Å²) >= 11 is 1.57. The molecule has 0 N–H and O–H groups in total. The number of thiazole rings is 1. The third kappa shape index (κ3) is 5.09. The van der Waals surface area contributed by atoms with E-state index < -0.39 is 18.4 Å². The van der Waals surface area contributed by atoms with Crippen molar-refractivity contribution >= 4 is 23.0 Å². The molecule has 2 aliphatic heterocycles. The van der Waals surface area contributed by atoms with Gasteiger partial charge in [-0.3, -0.25) is 9.48 Å². The Morgan fingerprint density at radius 2 is 1.94 bits per heavy atom. The predicted octanol–water partition coefficient (Wildman–Crippen LogP) is 4.94. The molecule has 1 unspecified atom stereocenters. The van der Waals surface area contributed by atoms with Crippen molar-refractivity contribution in [3.63, 3.8) is 0 Å². The lowest BCUT2D eigenvalue weighted by molar-refractivity contribution is -0.146. The summed E-state index contributed by atoms with van der Waals surface area (Å²) in [6.07, 6.45) is -2.58. The smallest absolute Gasteiger partial charge is 0.387 e. The Kier molecular flexibility index (Phi) is 6.35. The van der Waals surface area contributed by atoms with Gasteiger partial charge in [0.25, 0.3) is 0 Å². The molecule has 0 aliphatic carbocycles. The fourth-order valence-corrected chi connectivity index (χ4v) is 5.48. The number of nitrogens with zero attached hydrogens (tertiary/aromatic N) is 5. The third-order valence-electron chi connectivity index (χ3n) is 6.33. The number of benzene rings is 1. The van der Waals surface area contributed by atoms with Crippen LogP contribution in [0.3, 0.4) is 0 Å². The molecule has 1 saturated heterocycles. The lowest BCUT2D eigenvalue weighted by Crippen LogP contribution is -2.40. The predicted molar refractivity (Wildman–Crippen MR) is 124 cm³/mol. The van der Waals surface area contributed by atoms with Crippen molar-refractivity contribution in [3.05, 3.63) is 69.4 Å². The van der Waals surface area contributed by atoms with Crippen molar-refractivity contribution < 1.29 is 22.8 Å². The maximum absolute atomic E-state index is 13.2. The summed E-state index contributed by atoms with van der Waals surface area (Å²) in [6.45, 7) is 2.01. The molecule has 1 aromatic carbocycles. The average Bonchev–Trinajstić information content (AvgIpc) is 3.59. The van der Waals surface area contributed by atoms with E-state index in [4.69, 9.17) is 9.82 Å². The third-order valence-corrected chi connectivity index (χ3v) is 7.34. The second kappa shape index (κ2) is 9.44. The maximum Gasteiger partial charge on any atom is 0.433 e. The number of piperidine rings is 1. The summed E-state index contributed by atoms with van der Waals surface area (Å²) in [5.74, 6) is -0.162. The Balaban J connectivity index is 1.16. The van der Waals surface area contributed by atoms with E-state index in [1.165, 1.54) is 6.92 Å². The zero-order valence-corrected chi connectivity index (χ0v) is 19.8. The van der Waals surface area contributed by atoms with Crippen molar-refractivity contribution in [2.24, 2.45) is 5.16 Å². The molecule has 35 heavy (non-hydrogen) atoms. The molecule has 0 saturated carbocycles. The van der Waals surface area contributed by atoms with Gasteiger partial charge >= 0.3 is 6.18 Å². The van der Waals surface area contributed by atoms with Crippen molar-refractivity contribution in [1.82, 2.24) is 19.7 Å². The molecule has 7 nitrogen and oxygen atoms in total. The van der Waals surface area contributed by atoms with Crippen LogP contribution in [0.4, 0.5) is 13.2 Å². The van der Waals surface area contributed by atoms with Crippen molar-refractivity contribution in [2.75, 3.05) is 13.1 Å². The minimum Gasteiger partial charge on any atom is -0.387 e. The summed E-state index contributed by atoms with van der Waals surface area (Å²) in [5.41, 5.74) is 2.05. The fourth-order valence-electron chi connectivity index (χ4n) is 4.48. The maximum atomic E-state index is 13.2. The van der Waals surface area contributed by atoms with Gasteiger partial charge in [-0.05, 0) is 31.4 Å². The van der Waals surface area contributed by atoms with Gasteiger partial charge in [0.05, 0.1) is 16.4 Å². The molecule has 4 heterocycles. The zero-order chi connectivity index (χ0) is 24.6. The molecule has 1 amide bonds. The first kappa shape index (κ1) is 23.5. The van der Waals surface area contributed by atoms with Crippen LogP contribution in [0, 0.1) is 6.92 Å². The highest BCUT2D eigenvalue weighted by atomic mass is 32.1. The van der Waals surface area contributed by atoms with Crippen LogP contribution >= 0.6 is 11.3 Å². The lowest BCUT2D eigenvalue weighted by atomic mass is 9.97. The van der Waals surface area contributed by atoms with Gasteiger partial charge in [-0.25, -0.2) is 4.98 Å². The first-order valence-electron chi connectivity index (χ1n) is 11.4. The highest BCUT2D eigenvalue weighted by Crippen LogP contribution is 2.34. The molecule has 1 fully saturated rings. The van der Waals surface area contributed by atoms with Crippen molar-refractivity contribution in [1.29, 1.82) is 0 Å². The zero-order valence-electron chi connectivity index (χ0n) is 19.0. The van der Waals surface area contributed by atoms with Gasteiger partial charge in [0.1, 0.15) is 18.0 Å². The van der Waals surface area contributed by atoms with Crippen LogP contribution in [0.2, 0.25) is 0 Å². The molecule has 3 aromatic rings. The number of amides is 1. The molecular weight excluding hydrogens is 479 g/mol. The van der Waals surface area contributed by atoms with Gasteiger partial charge in [0, 0.05) is 30.8 Å². The molecule has 0 radical (unpaired) electrons. The van der Waals surface area contributed by atoms with Crippen LogP contribution in [0.1, 0.15) is 58.9 Å². The number of halogens is 3. The van der Waals surface area contributed by atoms with E-state index in [0.29, 0.717) is 32.4 Å². The van der Waals surface area contributed by atoms with Gasteiger partial charge < -0.3 is 9.74 Å².